The topological polar surface area (TPSA) is 70.0 Å². The first-order valence-corrected chi connectivity index (χ1v) is 7.40. The summed E-state index contributed by atoms with van der Waals surface area (Å²) in [5, 5.41) is 19.4. The van der Waals surface area contributed by atoms with Crippen molar-refractivity contribution in [3.05, 3.63) is 28.8 Å². The summed E-state index contributed by atoms with van der Waals surface area (Å²) >= 11 is 0. The summed E-state index contributed by atoms with van der Waals surface area (Å²) in [6.45, 7) is 5.73. The van der Waals surface area contributed by atoms with Gasteiger partial charge in [0.25, 0.3) is 0 Å². The Hall–Kier alpha value is -1.59. The Balaban J connectivity index is 1.92. The van der Waals surface area contributed by atoms with Crippen molar-refractivity contribution in [2.45, 2.75) is 38.3 Å². The molecule has 0 bridgehead atoms. The fourth-order valence-corrected chi connectivity index (χ4v) is 3.74. The number of nitrogens with zero attached hydrogens (tertiary/aromatic N) is 1. The number of aliphatic carboxylic acids is 1. The molecule has 5 heteroatoms. The molecule has 1 aliphatic carbocycles. The zero-order valence-electron chi connectivity index (χ0n) is 12.4. The molecule has 0 spiro atoms. The summed E-state index contributed by atoms with van der Waals surface area (Å²) in [6, 6.07) is 3.78. The van der Waals surface area contributed by atoms with Crippen LogP contribution in [-0.2, 0) is 9.53 Å². The molecule has 114 valence electrons. The molecule has 1 aromatic carbocycles. The summed E-state index contributed by atoms with van der Waals surface area (Å²) in [5.41, 5.74) is 3.40. The molecule has 3 rings (SSSR count). The number of aryl methyl sites for hydroxylation is 1. The van der Waals surface area contributed by atoms with Crippen LogP contribution in [0.1, 0.15) is 42.0 Å². The minimum Gasteiger partial charge on any atom is -0.508 e. The first kappa shape index (κ1) is 14.4. The Morgan fingerprint density at radius 1 is 1.38 bits per heavy atom. The van der Waals surface area contributed by atoms with E-state index in [-0.39, 0.29) is 6.04 Å². The molecule has 3 unspecified atom stereocenters. The van der Waals surface area contributed by atoms with Gasteiger partial charge in [0.1, 0.15) is 5.75 Å². The Bertz CT molecular complexity index is 572. The third kappa shape index (κ3) is 2.40. The van der Waals surface area contributed by atoms with Crippen molar-refractivity contribution >= 4 is 5.97 Å². The van der Waals surface area contributed by atoms with Crippen LogP contribution in [0.4, 0.5) is 0 Å². The number of morpholine rings is 1. The van der Waals surface area contributed by atoms with E-state index >= 15 is 0 Å². The van der Waals surface area contributed by atoms with E-state index in [0.717, 1.165) is 12.0 Å². The standard InChI is InChI=1S/C16H21NO4/c1-9-3-4-12(18)15-11(7-10(2)14(9)15)17-5-6-21-13(8-17)16(19)20/h3-4,10-11,13,18H,5-8H2,1-2H3,(H,19,20). The smallest absolute Gasteiger partial charge is 0.334 e. The normalized spacial score (nSPS) is 29.3. The van der Waals surface area contributed by atoms with Crippen LogP contribution >= 0.6 is 0 Å². The van der Waals surface area contributed by atoms with Crippen LogP contribution in [-0.4, -0.2) is 46.9 Å². The Morgan fingerprint density at radius 3 is 2.86 bits per heavy atom. The largest absolute Gasteiger partial charge is 0.508 e. The van der Waals surface area contributed by atoms with E-state index in [2.05, 4.69) is 18.7 Å². The molecule has 2 N–H and O–H groups in total. The van der Waals surface area contributed by atoms with Crippen LogP contribution in [0, 0.1) is 6.92 Å². The first-order chi connectivity index (χ1) is 9.99. The minimum atomic E-state index is -0.917. The number of carboxylic acids is 1. The van der Waals surface area contributed by atoms with Gasteiger partial charge in [-0.05, 0) is 36.5 Å². The number of rotatable bonds is 2. The molecule has 5 nitrogen and oxygen atoms in total. The number of carboxylic acid groups (broad SMARTS) is 1. The summed E-state index contributed by atoms with van der Waals surface area (Å²) in [4.78, 5) is 13.3. The number of fused-ring (bicyclic) bond motifs is 1. The maximum Gasteiger partial charge on any atom is 0.334 e. The molecule has 1 aromatic rings. The third-order valence-corrected chi connectivity index (χ3v) is 4.70. The molecular weight excluding hydrogens is 270 g/mol. The molecule has 21 heavy (non-hydrogen) atoms. The molecule has 2 aliphatic rings. The van der Waals surface area contributed by atoms with Gasteiger partial charge in [-0.25, -0.2) is 4.79 Å². The van der Waals surface area contributed by atoms with Crippen LogP contribution in [0.3, 0.4) is 0 Å². The summed E-state index contributed by atoms with van der Waals surface area (Å²) < 4.78 is 5.29. The van der Waals surface area contributed by atoms with Crippen molar-refractivity contribution in [3.63, 3.8) is 0 Å². The van der Waals surface area contributed by atoms with Crippen molar-refractivity contribution in [3.8, 4) is 5.75 Å². The zero-order chi connectivity index (χ0) is 15.1. The number of phenolic OH excluding ortho intramolecular Hbond substituents is 1. The highest BCUT2D eigenvalue weighted by Gasteiger charge is 2.38. The van der Waals surface area contributed by atoms with Gasteiger partial charge < -0.3 is 14.9 Å². The number of phenols is 1. The van der Waals surface area contributed by atoms with E-state index in [1.807, 2.05) is 6.07 Å². The molecular formula is C16H21NO4. The number of ether oxygens (including phenoxy) is 1. The predicted molar refractivity (Wildman–Crippen MR) is 77.6 cm³/mol. The Labute approximate surface area is 124 Å². The van der Waals surface area contributed by atoms with Gasteiger partial charge in [-0.2, -0.15) is 0 Å². The lowest BCUT2D eigenvalue weighted by atomic mass is 9.97. The SMILES string of the molecule is Cc1ccc(O)c2c1C(C)CC2N1CCOC(C(=O)O)C1. The predicted octanol–water partition coefficient (Wildman–Crippen LogP) is 2.03. The summed E-state index contributed by atoms with van der Waals surface area (Å²) in [7, 11) is 0. The second kappa shape index (κ2) is 5.31. The van der Waals surface area contributed by atoms with Crippen LogP contribution < -0.4 is 0 Å². The molecule has 1 aliphatic heterocycles. The number of hydrogen-bond acceptors (Lipinski definition) is 4. The highest BCUT2D eigenvalue weighted by molar-refractivity contribution is 5.72. The highest BCUT2D eigenvalue weighted by atomic mass is 16.5. The minimum absolute atomic E-state index is 0.0839. The molecule has 0 aromatic heterocycles. The van der Waals surface area contributed by atoms with Gasteiger partial charge >= 0.3 is 5.97 Å². The van der Waals surface area contributed by atoms with Crippen molar-refractivity contribution in [2.75, 3.05) is 19.7 Å². The maximum absolute atomic E-state index is 11.1. The van der Waals surface area contributed by atoms with E-state index in [1.54, 1.807) is 6.07 Å². The fraction of sp³-hybridized carbons (Fsp3) is 0.562. The van der Waals surface area contributed by atoms with Crippen LogP contribution in [0.2, 0.25) is 0 Å². The lowest BCUT2D eigenvalue weighted by molar-refractivity contribution is -0.157. The lowest BCUT2D eigenvalue weighted by Crippen LogP contribution is -2.47. The molecule has 1 heterocycles. The van der Waals surface area contributed by atoms with Crippen LogP contribution in [0.15, 0.2) is 12.1 Å². The van der Waals surface area contributed by atoms with Gasteiger partial charge in [-0.3, -0.25) is 4.90 Å². The maximum atomic E-state index is 11.1. The van der Waals surface area contributed by atoms with Gasteiger partial charge in [-0.15, -0.1) is 0 Å². The zero-order valence-corrected chi connectivity index (χ0v) is 12.4. The summed E-state index contributed by atoms with van der Waals surface area (Å²) in [5.74, 6) is -0.217. The van der Waals surface area contributed by atoms with E-state index in [0.29, 0.717) is 31.4 Å². The van der Waals surface area contributed by atoms with Crippen molar-refractivity contribution in [1.29, 1.82) is 0 Å². The molecule has 1 fully saturated rings. The molecule has 0 amide bonds. The van der Waals surface area contributed by atoms with Gasteiger partial charge in [-0.1, -0.05) is 13.0 Å². The fourth-order valence-electron chi connectivity index (χ4n) is 3.74. The van der Waals surface area contributed by atoms with Crippen molar-refractivity contribution in [1.82, 2.24) is 4.90 Å². The number of hydrogen-bond donors (Lipinski definition) is 2. The quantitative estimate of drug-likeness (QED) is 0.872. The first-order valence-electron chi connectivity index (χ1n) is 7.40. The van der Waals surface area contributed by atoms with E-state index < -0.39 is 12.1 Å². The van der Waals surface area contributed by atoms with Gasteiger partial charge in [0.15, 0.2) is 6.10 Å². The lowest BCUT2D eigenvalue weighted by Gasteiger charge is -2.35. The average Bonchev–Trinajstić information content (AvgIpc) is 2.82. The van der Waals surface area contributed by atoms with E-state index in [4.69, 9.17) is 9.84 Å². The van der Waals surface area contributed by atoms with Gasteiger partial charge in [0, 0.05) is 24.7 Å². The monoisotopic (exact) mass is 291 g/mol. The number of aromatic hydroxyl groups is 1. The highest BCUT2D eigenvalue weighted by Crippen LogP contribution is 2.48. The molecule has 1 saturated heterocycles. The van der Waals surface area contributed by atoms with Crippen molar-refractivity contribution in [2.24, 2.45) is 0 Å². The van der Waals surface area contributed by atoms with Gasteiger partial charge in [0.2, 0.25) is 0 Å². The van der Waals surface area contributed by atoms with Crippen molar-refractivity contribution < 1.29 is 19.7 Å². The van der Waals surface area contributed by atoms with Crippen LogP contribution in [0.5, 0.6) is 5.75 Å². The van der Waals surface area contributed by atoms with E-state index in [1.165, 1.54) is 11.1 Å². The summed E-state index contributed by atoms with van der Waals surface area (Å²) in [6.07, 6.45) is 0.144. The molecule has 3 atom stereocenters. The Morgan fingerprint density at radius 2 is 2.14 bits per heavy atom. The Kier molecular flexibility index (Phi) is 3.63. The second-order valence-corrected chi connectivity index (χ2v) is 6.07. The average molecular weight is 291 g/mol. The van der Waals surface area contributed by atoms with Crippen LogP contribution in [0.25, 0.3) is 0 Å². The van der Waals surface area contributed by atoms with E-state index in [9.17, 15) is 9.90 Å². The second-order valence-electron chi connectivity index (χ2n) is 6.07. The number of benzene rings is 1. The molecule has 0 saturated carbocycles. The molecule has 0 radical (unpaired) electrons. The number of carbonyl (C=O) groups is 1. The third-order valence-electron chi connectivity index (χ3n) is 4.70. The van der Waals surface area contributed by atoms with Gasteiger partial charge in [0.05, 0.1) is 6.61 Å².